The number of fused-ring (bicyclic) bond motifs is 1. The standard InChI is InChI=1S/C12H16N2O2/c1-8(7-13)6-11-12(15)14-9-4-2-3-5-10(9)16-11/h2-5,8,11H,6-7,13H2,1H3,(H,14,15). The lowest BCUT2D eigenvalue weighted by Gasteiger charge is -2.27. The van der Waals surface area contributed by atoms with Crippen molar-refractivity contribution in [2.75, 3.05) is 11.9 Å². The number of carbonyl (C=O) groups is 1. The number of ether oxygens (including phenoxy) is 1. The molecule has 0 bridgehead atoms. The summed E-state index contributed by atoms with van der Waals surface area (Å²) in [5, 5.41) is 2.83. The average Bonchev–Trinajstić information content (AvgIpc) is 2.30. The number of benzene rings is 1. The third-order valence-corrected chi connectivity index (χ3v) is 2.73. The van der Waals surface area contributed by atoms with Crippen LogP contribution in [0.2, 0.25) is 0 Å². The molecule has 4 nitrogen and oxygen atoms in total. The minimum atomic E-state index is -0.423. The normalized spacial score (nSPS) is 20.6. The Morgan fingerprint density at radius 1 is 1.50 bits per heavy atom. The molecular weight excluding hydrogens is 204 g/mol. The van der Waals surface area contributed by atoms with Gasteiger partial charge in [0.25, 0.3) is 5.91 Å². The minimum Gasteiger partial charge on any atom is -0.478 e. The van der Waals surface area contributed by atoms with Crippen LogP contribution >= 0.6 is 0 Å². The van der Waals surface area contributed by atoms with Crippen LogP contribution in [0.15, 0.2) is 24.3 Å². The molecule has 2 atom stereocenters. The first-order valence-electron chi connectivity index (χ1n) is 5.47. The van der Waals surface area contributed by atoms with Crippen molar-refractivity contribution in [1.29, 1.82) is 0 Å². The smallest absolute Gasteiger partial charge is 0.265 e. The molecule has 1 amide bonds. The SMILES string of the molecule is CC(CN)CC1Oc2ccccc2NC1=O. The fraction of sp³-hybridized carbons (Fsp3) is 0.417. The molecule has 0 radical (unpaired) electrons. The maximum Gasteiger partial charge on any atom is 0.265 e. The Bertz CT molecular complexity index is 392. The van der Waals surface area contributed by atoms with Crippen molar-refractivity contribution < 1.29 is 9.53 Å². The zero-order valence-electron chi connectivity index (χ0n) is 9.27. The lowest BCUT2D eigenvalue weighted by molar-refractivity contribution is -0.124. The Labute approximate surface area is 94.8 Å². The predicted molar refractivity (Wildman–Crippen MR) is 62.3 cm³/mol. The summed E-state index contributed by atoms with van der Waals surface area (Å²) in [6.07, 6.45) is 0.227. The minimum absolute atomic E-state index is 0.0843. The van der Waals surface area contributed by atoms with Crippen LogP contribution in [0.3, 0.4) is 0 Å². The largest absolute Gasteiger partial charge is 0.478 e. The summed E-state index contributed by atoms with van der Waals surface area (Å²) in [5.41, 5.74) is 6.28. The summed E-state index contributed by atoms with van der Waals surface area (Å²) < 4.78 is 5.65. The van der Waals surface area contributed by atoms with Gasteiger partial charge in [-0.05, 0) is 31.0 Å². The summed E-state index contributed by atoms with van der Waals surface area (Å²) in [7, 11) is 0. The fourth-order valence-electron chi connectivity index (χ4n) is 1.71. The van der Waals surface area contributed by atoms with Crippen LogP contribution in [0.1, 0.15) is 13.3 Å². The molecule has 0 saturated carbocycles. The second-order valence-electron chi connectivity index (χ2n) is 4.17. The average molecular weight is 220 g/mol. The maximum absolute atomic E-state index is 11.7. The number of hydrogen-bond donors (Lipinski definition) is 2. The topological polar surface area (TPSA) is 64.3 Å². The molecule has 0 spiro atoms. The van der Waals surface area contributed by atoms with Gasteiger partial charge in [-0.2, -0.15) is 0 Å². The molecule has 2 unspecified atom stereocenters. The highest BCUT2D eigenvalue weighted by molar-refractivity contribution is 5.97. The van der Waals surface area contributed by atoms with Crippen LogP contribution in [0.5, 0.6) is 5.75 Å². The van der Waals surface area contributed by atoms with E-state index in [0.29, 0.717) is 13.0 Å². The van der Waals surface area contributed by atoms with Crippen LogP contribution < -0.4 is 15.8 Å². The number of amides is 1. The number of rotatable bonds is 3. The highest BCUT2D eigenvalue weighted by atomic mass is 16.5. The van der Waals surface area contributed by atoms with Gasteiger partial charge in [-0.1, -0.05) is 19.1 Å². The third-order valence-electron chi connectivity index (χ3n) is 2.73. The van der Waals surface area contributed by atoms with E-state index in [0.717, 1.165) is 11.4 Å². The van der Waals surface area contributed by atoms with E-state index in [9.17, 15) is 4.79 Å². The fourth-order valence-corrected chi connectivity index (χ4v) is 1.71. The Morgan fingerprint density at radius 3 is 3.00 bits per heavy atom. The molecule has 1 aliphatic rings. The zero-order chi connectivity index (χ0) is 11.5. The third kappa shape index (κ3) is 2.17. The van der Waals surface area contributed by atoms with Crippen molar-refractivity contribution in [3.05, 3.63) is 24.3 Å². The monoisotopic (exact) mass is 220 g/mol. The highest BCUT2D eigenvalue weighted by Gasteiger charge is 2.28. The molecular formula is C12H16N2O2. The lowest BCUT2D eigenvalue weighted by Crippen LogP contribution is -2.38. The second kappa shape index (κ2) is 4.53. The van der Waals surface area contributed by atoms with E-state index in [-0.39, 0.29) is 11.8 Å². The van der Waals surface area contributed by atoms with Crippen LogP contribution in [0, 0.1) is 5.92 Å². The van der Waals surface area contributed by atoms with Crippen LogP contribution in [-0.2, 0) is 4.79 Å². The summed E-state index contributed by atoms with van der Waals surface area (Å²) in [4.78, 5) is 11.7. The van der Waals surface area contributed by atoms with E-state index in [1.165, 1.54) is 0 Å². The van der Waals surface area contributed by atoms with E-state index in [1.807, 2.05) is 31.2 Å². The van der Waals surface area contributed by atoms with Gasteiger partial charge in [0.1, 0.15) is 5.75 Å². The Kier molecular flexibility index (Phi) is 3.10. The van der Waals surface area contributed by atoms with Crippen molar-refractivity contribution >= 4 is 11.6 Å². The van der Waals surface area contributed by atoms with Crippen LogP contribution in [0.4, 0.5) is 5.69 Å². The molecule has 0 saturated heterocycles. The Morgan fingerprint density at radius 2 is 2.25 bits per heavy atom. The molecule has 1 aromatic rings. The van der Waals surface area contributed by atoms with Crippen LogP contribution in [-0.4, -0.2) is 18.6 Å². The molecule has 1 aromatic carbocycles. The number of hydrogen-bond acceptors (Lipinski definition) is 3. The molecule has 0 fully saturated rings. The van der Waals surface area contributed by atoms with Gasteiger partial charge in [-0.25, -0.2) is 0 Å². The summed E-state index contributed by atoms with van der Waals surface area (Å²) in [5.74, 6) is 0.927. The number of anilines is 1. The zero-order valence-corrected chi connectivity index (χ0v) is 9.27. The van der Waals surface area contributed by atoms with E-state index >= 15 is 0 Å². The number of nitrogens with one attached hydrogen (secondary N) is 1. The van der Waals surface area contributed by atoms with Gasteiger partial charge in [-0.15, -0.1) is 0 Å². The van der Waals surface area contributed by atoms with Gasteiger partial charge in [0, 0.05) is 0 Å². The van der Waals surface area contributed by atoms with Gasteiger partial charge in [0.05, 0.1) is 5.69 Å². The Hall–Kier alpha value is -1.55. The number of carbonyl (C=O) groups excluding carboxylic acids is 1. The molecule has 1 aliphatic heterocycles. The molecule has 2 rings (SSSR count). The van der Waals surface area contributed by atoms with Crippen molar-refractivity contribution in [1.82, 2.24) is 0 Å². The molecule has 86 valence electrons. The van der Waals surface area contributed by atoms with E-state index in [1.54, 1.807) is 0 Å². The van der Waals surface area contributed by atoms with E-state index < -0.39 is 6.10 Å². The molecule has 4 heteroatoms. The Balaban J connectivity index is 2.12. The molecule has 0 aromatic heterocycles. The van der Waals surface area contributed by atoms with Gasteiger partial charge in [-0.3, -0.25) is 4.79 Å². The highest BCUT2D eigenvalue weighted by Crippen LogP contribution is 2.30. The summed E-state index contributed by atoms with van der Waals surface area (Å²) >= 11 is 0. The number of para-hydroxylation sites is 2. The van der Waals surface area contributed by atoms with E-state index in [2.05, 4.69) is 5.32 Å². The molecule has 16 heavy (non-hydrogen) atoms. The van der Waals surface area contributed by atoms with E-state index in [4.69, 9.17) is 10.5 Å². The quantitative estimate of drug-likeness (QED) is 0.808. The lowest BCUT2D eigenvalue weighted by atomic mass is 10.0. The van der Waals surface area contributed by atoms with Crippen molar-refractivity contribution in [3.63, 3.8) is 0 Å². The number of nitrogens with two attached hydrogens (primary N) is 1. The summed E-state index contributed by atoms with van der Waals surface area (Å²) in [6, 6.07) is 7.44. The molecule has 1 heterocycles. The molecule has 3 N–H and O–H groups in total. The summed E-state index contributed by atoms with van der Waals surface area (Å²) in [6.45, 7) is 2.58. The first-order chi connectivity index (χ1) is 7.70. The van der Waals surface area contributed by atoms with Gasteiger partial charge in [0.2, 0.25) is 0 Å². The van der Waals surface area contributed by atoms with Crippen LogP contribution in [0.25, 0.3) is 0 Å². The van der Waals surface area contributed by atoms with Gasteiger partial charge < -0.3 is 15.8 Å². The predicted octanol–water partition coefficient (Wildman–Crippen LogP) is 1.37. The van der Waals surface area contributed by atoms with Crippen molar-refractivity contribution in [2.45, 2.75) is 19.4 Å². The molecule has 0 aliphatic carbocycles. The maximum atomic E-state index is 11.7. The van der Waals surface area contributed by atoms with Gasteiger partial charge >= 0.3 is 0 Å². The van der Waals surface area contributed by atoms with Crippen molar-refractivity contribution in [2.24, 2.45) is 11.7 Å². The first-order valence-corrected chi connectivity index (χ1v) is 5.47. The first kappa shape index (κ1) is 11.0. The second-order valence-corrected chi connectivity index (χ2v) is 4.17. The van der Waals surface area contributed by atoms with Crippen molar-refractivity contribution in [3.8, 4) is 5.75 Å². The van der Waals surface area contributed by atoms with Gasteiger partial charge in [0.15, 0.2) is 6.10 Å².